The number of esters is 1. The first-order chi connectivity index (χ1) is 10.8. The second-order valence-corrected chi connectivity index (χ2v) is 4.70. The molecule has 0 fully saturated rings. The van der Waals surface area contributed by atoms with Gasteiger partial charge in [-0.3, -0.25) is 4.79 Å². The summed E-state index contributed by atoms with van der Waals surface area (Å²) in [7, 11) is 0. The van der Waals surface area contributed by atoms with E-state index in [-0.39, 0.29) is 64.2 Å². The molecule has 0 aliphatic carbocycles. The van der Waals surface area contributed by atoms with Gasteiger partial charge in [0.1, 0.15) is 12.4 Å². The zero-order chi connectivity index (χ0) is 15.6. The van der Waals surface area contributed by atoms with Crippen molar-refractivity contribution >= 4 is 5.97 Å². The molecular weight excluding hydrogens is 364 g/mol. The normalized spacial score (nSPS) is 9.61. The summed E-state index contributed by atoms with van der Waals surface area (Å²) in [6, 6.07) is 17.8. The van der Waals surface area contributed by atoms with E-state index < -0.39 is 0 Å². The molecule has 0 atom stereocenters. The largest absolute Gasteiger partial charge is 1.00 e. The third-order valence-corrected chi connectivity index (χ3v) is 2.96. The molecule has 0 saturated heterocycles. The Kier molecular flexibility index (Phi) is 10.5. The average Bonchev–Trinajstić information content (AvgIpc) is 2.55. The van der Waals surface area contributed by atoms with Crippen LogP contribution in [-0.4, -0.2) is 12.6 Å². The number of ether oxygens (including phenoxy) is 2. The average molecular weight is 384 g/mol. The molecule has 2 rings (SSSR count). The van der Waals surface area contributed by atoms with Gasteiger partial charge in [-0.1, -0.05) is 42.5 Å². The van der Waals surface area contributed by atoms with Crippen molar-refractivity contribution in [2.75, 3.05) is 6.61 Å². The Hall–Kier alpha value is -0.655. The molecule has 0 spiro atoms. The van der Waals surface area contributed by atoms with E-state index >= 15 is 0 Å². The number of carbonyl (C=O) groups excluding carboxylic acids is 1. The van der Waals surface area contributed by atoms with Crippen LogP contribution in [0, 0.1) is 6.54 Å². The molecule has 0 aliphatic rings. The molecule has 0 saturated carbocycles. The van der Waals surface area contributed by atoms with Gasteiger partial charge in [-0.2, -0.15) is 0 Å². The molecule has 116 valence electrons. The van der Waals surface area contributed by atoms with Gasteiger partial charge in [0, 0.05) is 0 Å². The SMILES string of the molecule is CCOC(=O)[CH-]NCc1cccc(OCc2ccccc2)c1.[Rb+]. The van der Waals surface area contributed by atoms with Crippen molar-refractivity contribution in [1.29, 1.82) is 0 Å². The van der Waals surface area contributed by atoms with Crippen molar-refractivity contribution in [2.45, 2.75) is 20.1 Å². The number of rotatable bonds is 8. The van der Waals surface area contributed by atoms with E-state index in [0.29, 0.717) is 19.8 Å². The van der Waals surface area contributed by atoms with Gasteiger partial charge < -0.3 is 14.8 Å². The van der Waals surface area contributed by atoms with Crippen molar-refractivity contribution in [3.05, 3.63) is 72.3 Å². The van der Waals surface area contributed by atoms with Gasteiger partial charge >= 0.3 is 58.2 Å². The molecule has 2 aromatic rings. The predicted molar refractivity (Wildman–Crippen MR) is 85.0 cm³/mol. The zero-order valence-electron chi connectivity index (χ0n) is 13.6. The molecule has 0 unspecified atom stereocenters. The summed E-state index contributed by atoms with van der Waals surface area (Å²) in [5, 5.41) is 2.93. The predicted octanol–water partition coefficient (Wildman–Crippen LogP) is 0.0841. The summed E-state index contributed by atoms with van der Waals surface area (Å²) in [6.07, 6.45) is 0. The molecule has 0 heterocycles. The second-order valence-electron chi connectivity index (χ2n) is 4.70. The summed E-state index contributed by atoms with van der Waals surface area (Å²) >= 11 is 0. The van der Waals surface area contributed by atoms with Gasteiger partial charge in [0.2, 0.25) is 0 Å². The topological polar surface area (TPSA) is 47.6 Å². The van der Waals surface area contributed by atoms with E-state index in [0.717, 1.165) is 16.9 Å². The molecule has 0 aromatic heterocycles. The van der Waals surface area contributed by atoms with Crippen LogP contribution in [0.25, 0.3) is 0 Å². The summed E-state index contributed by atoms with van der Waals surface area (Å²) in [5.74, 6) is 0.443. The second kappa shape index (κ2) is 11.8. The summed E-state index contributed by atoms with van der Waals surface area (Å²) < 4.78 is 10.6. The van der Waals surface area contributed by atoms with Crippen molar-refractivity contribution in [1.82, 2.24) is 5.32 Å². The van der Waals surface area contributed by atoms with Gasteiger partial charge in [-0.15, -0.1) is 0 Å². The van der Waals surface area contributed by atoms with E-state index in [2.05, 4.69) is 5.32 Å². The quantitative estimate of drug-likeness (QED) is 0.518. The Balaban J connectivity index is 0.00000264. The Morgan fingerprint density at radius 3 is 2.57 bits per heavy atom. The number of hydrogen-bond acceptors (Lipinski definition) is 4. The Bertz CT molecular complexity index is 590. The molecule has 0 aliphatic heterocycles. The smallest absolute Gasteiger partial charge is 0.489 e. The van der Waals surface area contributed by atoms with Gasteiger partial charge in [0.25, 0.3) is 0 Å². The van der Waals surface area contributed by atoms with Crippen LogP contribution in [-0.2, 0) is 22.7 Å². The molecule has 5 heteroatoms. The molecule has 0 radical (unpaired) electrons. The first kappa shape index (κ1) is 20.4. The van der Waals surface area contributed by atoms with Crippen molar-refractivity contribution in [3.8, 4) is 5.75 Å². The standard InChI is InChI=1S/C18H20NO3.Rb/c1-2-21-18(20)13-19-12-16-9-6-10-17(11-16)22-14-15-7-4-3-5-8-15;/h3-11,13,19H,2,12,14H2,1H3;/q-1;+1. The third kappa shape index (κ3) is 8.13. The molecule has 1 N–H and O–H groups in total. The van der Waals surface area contributed by atoms with Crippen LogP contribution >= 0.6 is 0 Å². The minimum Gasteiger partial charge on any atom is -0.489 e. The van der Waals surface area contributed by atoms with Crippen LogP contribution in [0.3, 0.4) is 0 Å². The van der Waals surface area contributed by atoms with E-state index in [1.807, 2.05) is 54.6 Å². The van der Waals surface area contributed by atoms with Crippen LogP contribution in [0.2, 0.25) is 0 Å². The van der Waals surface area contributed by atoms with E-state index in [9.17, 15) is 4.79 Å². The first-order valence-corrected chi connectivity index (χ1v) is 7.27. The van der Waals surface area contributed by atoms with Crippen molar-refractivity contribution in [2.24, 2.45) is 0 Å². The van der Waals surface area contributed by atoms with E-state index in [1.165, 1.54) is 6.54 Å². The maximum atomic E-state index is 11.2. The maximum absolute atomic E-state index is 11.2. The van der Waals surface area contributed by atoms with Crippen LogP contribution in [0.5, 0.6) is 5.75 Å². The molecule has 23 heavy (non-hydrogen) atoms. The summed E-state index contributed by atoms with van der Waals surface area (Å²) in [5.41, 5.74) is 2.16. The molecular formula is C18H20NO3Rb. The Labute approximate surface area is 186 Å². The van der Waals surface area contributed by atoms with Crippen LogP contribution in [0.15, 0.2) is 54.6 Å². The maximum Gasteiger partial charge on any atom is 1.00 e. The zero-order valence-corrected chi connectivity index (χ0v) is 18.5. The molecule has 0 bridgehead atoms. The number of hydrogen-bond donors (Lipinski definition) is 1. The van der Waals surface area contributed by atoms with Crippen molar-refractivity contribution < 1.29 is 72.5 Å². The van der Waals surface area contributed by atoms with E-state index in [1.54, 1.807) is 6.92 Å². The van der Waals surface area contributed by atoms with Crippen LogP contribution < -0.4 is 68.2 Å². The first-order valence-electron chi connectivity index (χ1n) is 7.27. The molecule has 0 amide bonds. The fourth-order valence-electron chi connectivity index (χ4n) is 1.92. The summed E-state index contributed by atoms with van der Waals surface area (Å²) in [6.45, 7) is 4.56. The van der Waals surface area contributed by atoms with Crippen molar-refractivity contribution in [3.63, 3.8) is 0 Å². The Morgan fingerprint density at radius 2 is 1.83 bits per heavy atom. The third-order valence-electron chi connectivity index (χ3n) is 2.96. The molecule has 2 aromatic carbocycles. The van der Waals surface area contributed by atoms with Gasteiger partial charge in [0.15, 0.2) is 5.97 Å². The minimum absolute atomic E-state index is 0. The summed E-state index contributed by atoms with van der Waals surface area (Å²) in [4.78, 5) is 11.2. The number of nitrogens with one attached hydrogen (secondary N) is 1. The number of benzene rings is 2. The van der Waals surface area contributed by atoms with E-state index in [4.69, 9.17) is 9.47 Å². The molecule has 4 nitrogen and oxygen atoms in total. The monoisotopic (exact) mass is 383 g/mol. The fraction of sp³-hybridized carbons (Fsp3) is 0.222. The Morgan fingerprint density at radius 1 is 1.09 bits per heavy atom. The fourth-order valence-corrected chi connectivity index (χ4v) is 1.92. The van der Waals surface area contributed by atoms with Gasteiger partial charge in [0.05, 0.1) is 6.61 Å². The van der Waals surface area contributed by atoms with Crippen LogP contribution in [0.4, 0.5) is 0 Å². The minimum atomic E-state index is -0.362. The number of carbonyl (C=O) groups is 1. The van der Waals surface area contributed by atoms with Crippen LogP contribution in [0.1, 0.15) is 18.1 Å². The van der Waals surface area contributed by atoms with Gasteiger partial charge in [-0.05, 0) is 36.7 Å². The van der Waals surface area contributed by atoms with Gasteiger partial charge in [-0.25, -0.2) is 6.54 Å².